The molecular formula is C12H17N5OS. The molecule has 0 spiro atoms. The molecule has 0 aliphatic carbocycles. The number of amides is 1. The summed E-state index contributed by atoms with van der Waals surface area (Å²) in [5, 5.41) is 6.94. The lowest BCUT2D eigenvalue weighted by Gasteiger charge is -2.16. The Bertz CT molecular complexity index is 541. The van der Waals surface area contributed by atoms with Gasteiger partial charge >= 0.3 is 0 Å². The third kappa shape index (κ3) is 3.37. The van der Waals surface area contributed by atoms with Gasteiger partial charge in [-0.15, -0.1) is 5.10 Å². The van der Waals surface area contributed by atoms with E-state index in [1.165, 1.54) is 0 Å². The third-order valence-electron chi connectivity index (χ3n) is 2.64. The van der Waals surface area contributed by atoms with Gasteiger partial charge in [-0.3, -0.25) is 4.79 Å². The monoisotopic (exact) mass is 279 g/mol. The van der Waals surface area contributed by atoms with Crippen LogP contribution in [0.25, 0.3) is 0 Å². The second kappa shape index (κ2) is 5.48. The molecule has 0 aromatic carbocycles. The molecule has 2 aromatic heterocycles. The van der Waals surface area contributed by atoms with E-state index in [9.17, 15) is 4.79 Å². The first kappa shape index (κ1) is 13.7. The van der Waals surface area contributed by atoms with Gasteiger partial charge in [-0.1, -0.05) is 25.3 Å². The van der Waals surface area contributed by atoms with E-state index in [4.69, 9.17) is 0 Å². The number of aromatic nitrogens is 4. The SMILES string of the molecule is CC(C)(C)c1nnsc1C(=O)NCCc1cnc[nH]1. The van der Waals surface area contributed by atoms with E-state index in [2.05, 4.69) is 24.9 Å². The van der Waals surface area contributed by atoms with Crippen molar-refractivity contribution in [2.75, 3.05) is 6.54 Å². The maximum Gasteiger partial charge on any atom is 0.264 e. The fourth-order valence-electron chi connectivity index (χ4n) is 1.64. The van der Waals surface area contributed by atoms with Gasteiger partial charge in [0.25, 0.3) is 5.91 Å². The summed E-state index contributed by atoms with van der Waals surface area (Å²) in [6.45, 7) is 6.61. The number of carbonyl (C=O) groups is 1. The molecule has 2 aromatic rings. The van der Waals surface area contributed by atoms with Gasteiger partial charge in [0.1, 0.15) is 4.88 Å². The molecule has 19 heavy (non-hydrogen) atoms. The van der Waals surface area contributed by atoms with Gasteiger partial charge in [-0.2, -0.15) is 0 Å². The Morgan fingerprint density at radius 1 is 1.47 bits per heavy atom. The molecule has 0 saturated carbocycles. The van der Waals surface area contributed by atoms with Gasteiger partial charge in [0.05, 0.1) is 12.0 Å². The molecule has 0 fully saturated rings. The summed E-state index contributed by atoms with van der Waals surface area (Å²) in [4.78, 5) is 19.6. The molecule has 1 amide bonds. The highest BCUT2D eigenvalue weighted by Gasteiger charge is 2.25. The summed E-state index contributed by atoms with van der Waals surface area (Å²) in [5.41, 5.74) is 1.57. The number of hydrogen-bond donors (Lipinski definition) is 2. The van der Waals surface area contributed by atoms with Crippen LogP contribution >= 0.6 is 11.5 Å². The van der Waals surface area contributed by atoms with Gasteiger partial charge in [0, 0.05) is 30.3 Å². The van der Waals surface area contributed by atoms with Crippen molar-refractivity contribution < 1.29 is 4.79 Å². The van der Waals surface area contributed by atoms with E-state index in [-0.39, 0.29) is 11.3 Å². The van der Waals surface area contributed by atoms with Gasteiger partial charge in [-0.05, 0) is 11.5 Å². The predicted molar refractivity (Wildman–Crippen MR) is 73.2 cm³/mol. The zero-order valence-electron chi connectivity index (χ0n) is 11.2. The zero-order chi connectivity index (χ0) is 13.9. The summed E-state index contributed by atoms with van der Waals surface area (Å²) < 4.78 is 3.88. The average molecular weight is 279 g/mol. The van der Waals surface area contributed by atoms with Crippen LogP contribution in [0.4, 0.5) is 0 Å². The highest BCUT2D eigenvalue weighted by Crippen LogP contribution is 2.25. The molecule has 2 N–H and O–H groups in total. The Morgan fingerprint density at radius 2 is 2.26 bits per heavy atom. The molecule has 0 aliphatic heterocycles. The summed E-state index contributed by atoms with van der Waals surface area (Å²) >= 11 is 1.14. The number of nitrogens with one attached hydrogen (secondary N) is 2. The van der Waals surface area contributed by atoms with Crippen molar-refractivity contribution in [3.8, 4) is 0 Å². The molecule has 102 valence electrons. The molecule has 0 unspecified atom stereocenters. The fraction of sp³-hybridized carbons (Fsp3) is 0.500. The number of carbonyl (C=O) groups excluding carboxylic acids is 1. The number of imidazole rings is 1. The summed E-state index contributed by atoms with van der Waals surface area (Å²) in [7, 11) is 0. The van der Waals surface area contributed by atoms with Gasteiger partial charge in [-0.25, -0.2) is 4.98 Å². The van der Waals surface area contributed by atoms with Crippen LogP contribution in [0.5, 0.6) is 0 Å². The molecule has 0 bridgehead atoms. The standard InChI is InChI=1S/C12H17N5OS/c1-12(2,3)10-9(19-17-16-10)11(18)14-5-4-8-6-13-7-15-8/h6-7H,4-5H2,1-3H3,(H,13,15)(H,14,18). The Balaban J connectivity index is 1.95. The maximum absolute atomic E-state index is 12.1. The van der Waals surface area contributed by atoms with E-state index in [1.807, 2.05) is 20.8 Å². The minimum Gasteiger partial charge on any atom is -0.351 e. The highest BCUT2D eigenvalue weighted by molar-refractivity contribution is 7.08. The van der Waals surface area contributed by atoms with Crippen LogP contribution < -0.4 is 5.32 Å². The van der Waals surface area contributed by atoms with Crippen molar-refractivity contribution in [1.82, 2.24) is 24.9 Å². The lowest BCUT2D eigenvalue weighted by atomic mass is 9.91. The first-order valence-corrected chi connectivity index (χ1v) is 6.84. The van der Waals surface area contributed by atoms with E-state index < -0.39 is 0 Å². The van der Waals surface area contributed by atoms with Crippen molar-refractivity contribution >= 4 is 17.4 Å². The lowest BCUT2D eigenvalue weighted by Crippen LogP contribution is -2.28. The summed E-state index contributed by atoms with van der Waals surface area (Å²) in [6, 6.07) is 0. The van der Waals surface area contributed by atoms with Gasteiger partial charge < -0.3 is 10.3 Å². The van der Waals surface area contributed by atoms with Crippen molar-refractivity contribution in [3.05, 3.63) is 28.8 Å². The Labute approximate surface area is 115 Å². The lowest BCUT2D eigenvalue weighted by molar-refractivity contribution is 0.0955. The first-order chi connectivity index (χ1) is 8.98. The highest BCUT2D eigenvalue weighted by atomic mass is 32.1. The maximum atomic E-state index is 12.1. The Hall–Kier alpha value is -1.76. The van der Waals surface area contributed by atoms with Crippen LogP contribution in [0.2, 0.25) is 0 Å². The summed E-state index contributed by atoms with van der Waals surface area (Å²) in [6.07, 6.45) is 4.10. The molecule has 0 radical (unpaired) electrons. The predicted octanol–water partition coefficient (Wildman–Crippen LogP) is 1.53. The third-order valence-corrected chi connectivity index (χ3v) is 3.36. The molecule has 0 aliphatic rings. The number of hydrogen-bond acceptors (Lipinski definition) is 5. The normalized spacial score (nSPS) is 11.5. The minimum absolute atomic E-state index is 0.112. The van der Waals surface area contributed by atoms with Crippen LogP contribution in [0.1, 0.15) is 41.8 Å². The molecule has 0 saturated heterocycles. The van der Waals surface area contributed by atoms with Gasteiger partial charge in [0.2, 0.25) is 0 Å². The summed E-state index contributed by atoms with van der Waals surface area (Å²) in [5.74, 6) is -0.112. The van der Waals surface area contributed by atoms with Crippen molar-refractivity contribution in [2.24, 2.45) is 0 Å². The topological polar surface area (TPSA) is 83.6 Å². The van der Waals surface area contributed by atoms with Gasteiger partial charge in [0.15, 0.2) is 0 Å². The zero-order valence-corrected chi connectivity index (χ0v) is 12.0. The van der Waals surface area contributed by atoms with Crippen LogP contribution in [-0.2, 0) is 11.8 Å². The second-order valence-corrected chi connectivity index (χ2v) is 6.04. The Morgan fingerprint density at radius 3 is 2.89 bits per heavy atom. The number of aromatic amines is 1. The van der Waals surface area contributed by atoms with E-state index in [1.54, 1.807) is 12.5 Å². The number of rotatable bonds is 4. The number of nitrogens with zero attached hydrogens (tertiary/aromatic N) is 3. The molecule has 2 rings (SSSR count). The second-order valence-electron chi connectivity index (χ2n) is 5.28. The first-order valence-electron chi connectivity index (χ1n) is 6.07. The van der Waals surface area contributed by atoms with E-state index in [0.29, 0.717) is 11.4 Å². The molecule has 0 atom stereocenters. The van der Waals surface area contributed by atoms with Crippen LogP contribution in [-0.4, -0.2) is 32.0 Å². The molecule has 2 heterocycles. The molecular weight excluding hydrogens is 262 g/mol. The number of H-pyrrole nitrogens is 1. The fourth-order valence-corrected chi connectivity index (χ4v) is 2.44. The van der Waals surface area contributed by atoms with Crippen molar-refractivity contribution in [2.45, 2.75) is 32.6 Å². The average Bonchev–Trinajstić information content (AvgIpc) is 2.98. The van der Waals surface area contributed by atoms with E-state index in [0.717, 1.165) is 29.3 Å². The van der Waals surface area contributed by atoms with Crippen molar-refractivity contribution in [1.29, 1.82) is 0 Å². The van der Waals surface area contributed by atoms with Crippen molar-refractivity contribution in [3.63, 3.8) is 0 Å². The van der Waals surface area contributed by atoms with Crippen LogP contribution in [0.15, 0.2) is 12.5 Å². The van der Waals surface area contributed by atoms with E-state index >= 15 is 0 Å². The quantitative estimate of drug-likeness (QED) is 0.889. The largest absolute Gasteiger partial charge is 0.351 e. The van der Waals surface area contributed by atoms with Crippen LogP contribution in [0, 0.1) is 0 Å². The molecule has 7 heteroatoms. The molecule has 6 nitrogen and oxygen atoms in total. The van der Waals surface area contributed by atoms with Crippen LogP contribution in [0.3, 0.4) is 0 Å². The smallest absolute Gasteiger partial charge is 0.264 e. The minimum atomic E-state index is -0.178. The Kier molecular flexibility index (Phi) is 3.94.